The van der Waals surface area contributed by atoms with Crippen molar-refractivity contribution in [2.75, 3.05) is 0 Å². The lowest BCUT2D eigenvalue weighted by molar-refractivity contribution is 0.854. The molecule has 0 amide bonds. The van der Waals surface area contributed by atoms with Crippen LogP contribution in [0, 0.1) is 12.3 Å². The van der Waals surface area contributed by atoms with E-state index in [1.54, 1.807) is 6.20 Å². The minimum absolute atomic E-state index is 0.330. The summed E-state index contributed by atoms with van der Waals surface area (Å²) >= 11 is 0. The van der Waals surface area contributed by atoms with Gasteiger partial charge in [0.05, 0.1) is 0 Å². The molecule has 12 heavy (non-hydrogen) atoms. The Morgan fingerprint density at radius 1 is 1.58 bits per heavy atom. The topological polar surface area (TPSA) is 25.8 Å². The summed E-state index contributed by atoms with van der Waals surface area (Å²) in [4.78, 5) is 7.90. The molecule has 58 valence electrons. The van der Waals surface area contributed by atoms with E-state index in [0.717, 1.165) is 5.56 Å². The number of nitrogens with zero attached hydrogens (tertiary/aromatic N) is 2. The van der Waals surface area contributed by atoms with E-state index in [9.17, 15) is 0 Å². The molecule has 0 saturated carbocycles. The molecule has 1 heterocycles. The average molecular weight is 156 g/mol. The van der Waals surface area contributed by atoms with Crippen molar-refractivity contribution in [2.45, 2.75) is 19.8 Å². The minimum atomic E-state index is 0.330. The van der Waals surface area contributed by atoms with Crippen LogP contribution in [0.5, 0.6) is 0 Å². The van der Waals surface area contributed by atoms with Crippen LogP contribution in [0.3, 0.4) is 0 Å². The maximum absolute atomic E-state index is 5.65. The molecule has 0 aliphatic carbocycles. The number of rotatable bonds is 1. The molecule has 3 heteroatoms. The Morgan fingerprint density at radius 3 is 2.67 bits per heavy atom. The first-order valence-corrected chi connectivity index (χ1v) is 3.74. The molecule has 0 aliphatic rings. The standard InChI is InChI=1S/C9H9BN2/c1-4-8-11-5-7(6(2)3)9(10)12-8/h1,5-6H,2-3H3. The quantitative estimate of drug-likeness (QED) is 0.433. The Hall–Kier alpha value is -1.30. The van der Waals surface area contributed by atoms with Crippen LogP contribution in [0.1, 0.15) is 31.2 Å². The van der Waals surface area contributed by atoms with Gasteiger partial charge in [-0.25, -0.2) is 9.97 Å². The number of terminal acetylenes is 1. The van der Waals surface area contributed by atoms with E-state index in [2.05, 4.69) is 15.9 Å². The molecule has 0 bridgehead atoms. The maximum atomic E-state index is 5.65. The summed E-state index contributed by atoms with van der Waals surface area (Å²) in [6.45, 7) is 4.06. The second-order valence-corrected chi connectivity index (χ2v) is 2.83. The Kier molecular flexibility index (Phi) is 2.49. The molecule has 2 nitrogen and oxygen atoms in total. The highest BCUT2D eigenvalue weighted by molar-refractivity contribution is 6.31. The fourth-order valence-corrected chi connectivity index (χ4v) is 0.919. The van der Waals surface area contributed by atoms with Crippen LogP contribution >= 0.6 is 0 Å². The molecule has 0 saturated heterocycles. The summed E-state index contributed by atoms with van der Waals surface area (Å²) in [6.07, 6.45) is 6.80. The van der Waals surface area contributed by atoms with Gasteiger partial charge in [0.1, 0.15) is 7.85 Å². The van der Waals surface area contributed by atoms with Crippen LogP contribution in [0.25, 0.3) is 0 Å². The van der Waals surface area contributed by atoms with Crippen molar-refractivity contribution in [3.8, 4) is 12.3 Å². The molecule has 1 aromatic heterocycles. The molecule has 2 radical (unpaired) electrons. The molecule has 0 fully saturated rings. The second kappa shape index (κ2) is 3.40. The number of hydrogen-bond donors (Lipinski definition) is 0. The van der Waals surface area contributed by atoms with E-state index in [0.29, 0.717) is 17.3 Å². The van der Waals surface area contributed by atoms with Crippen LogP contribution in [-0.2, 0) is 0 Å². The lowest BCUT2D eigenvalue weighted by Gasteiger charge is -2.07. The minimum Gasteiger partial charge on any atom is -0.237 e. The Morgan fingerprint density at radius 2 is 2.25 bits per heavy atom. The third kappa shape index (κ3) is 1.65. The molecule has 0 unspecified atom stereocenters. The molecule has 0 aromatic carbocycles. The highest BCUT2D eigenvalue weighted by atomic mass is 14.9. The summed E-state index contributed by atoms with van der Waals surface area (Å²) in [7, 11) is 5.65. The molecule has 1 rings (SSSR count). The third-order valence-electron chi connectivity index (χ3n) is 1.60. The summed E-state index contributed by atoms with van der Waals surface area (Å²) < 4.78 is 0. The van der Waals surface area contributed by atoms with E-state index in [1.165, 1.54) is 0 Å². The van der Waals surface area contributed by atoms with Gasteiger partial charge < -0.3 is 0 Å². The van der Waals surface area contributed by atoms with Gasteiger partial charge in [0.25, 0.3) is 0 Å². The van der Waals surface area contributed by atoms with Gasteiger partial charge in [-0.3, -0.25) is 0 Å². The van der Waals surface area contributed by atoms with Crippen LogP contribution in [0.4, 0.5) is 0 Å². The predicted octanol–water partition coefficient (Wildman–Crippen LogP) is 0.375. The Bertz CT molecular complexity index is 326. The number of aromatic nitrogens is 2. The van der Waals surface area contributed by atoms with Gasteiger partial charge in [-0.05, 0) is 23.0 Å². The fraction of sp³-hybridized carbons (Fsp3) is 0.333. The number of hydrogen-bond acceptors (Lipinski definition) is 2. The van der Waals surface area contributed by atoms with E-state index in [-0.39, 0.29) is 0 Å². The van der Waals surface area contributed by atoms with Crippen LogP contribution in [0.15, 0.2) is 6.20 Å². The maximum Gasteiger partial charge on any atom is 0.203 e. The van der Waals surface area contributed by atoms with Gasteiger partial charge in [0.2, 0.25) is 5.82 Å². The lowest BCUT2D eigenvalue weighted by atomic mass is 9.92. The molecular weight excluding hydrogens is 147 g/mol. The van der Waals surface area contributed by atoms with Crippen molar-refractivity contribution in [3.05, 3.63) is 17.6 Å². The molecule has 1 aromatic rings. The van der Waals surface area contributed by atoms with Crippen molar-refractivity contribution in [2.24, 2.45) is 0 Å². The molecule has 0 spiro atoms. The zero-order chi connectivity index (χ0) is 9.14. The van der Waals surface area contributed by atoms with Crippen LogP contribution in [0.2, 0.25) is 0 Å². The van der Waals surface area contributed by atoms with Gasteiger partial charge in [-0.1, -0.05) is 13.8 Å². The lowest BCUT2D eigenvalue weighted by Crippen LogP contribution is -2.18. The summed E-state index contributed by atoms with van der Waals surface area (Å²) in [6, 6.07) is 0. The first kappa shape index (κ1) is 8.80. The van der Waals surface area contributed by atoms with E-state index < -0.39 is 0 Å². The Balaban J connectivity index is 3.14. The zero-order valence-corrected chi connectivity index (χ0v) is 7.20. The van der Waals surface area contributed by atoms with Crippen molar-refractivity contribution >= 4 is 13.4 Å². The fourth-order valence-electron chi connectivity index (χ4n) is 0.919. The SMILES string of the molecule is [B]c1nc(C#C)ncc1C(C)C. The molecule has 0 atom stereocenters. The van der Waals surface area contributed by atoms with Crippen molar-refractivity contribution in [3.63, 3.8) is 0 Å². The average Bonchev–Trinajstić information content (AvgIpc) is 2.03. The van der Waals surface area contributed by atoms with Crippen LogP contribution in [-0.4, -0.2) is 17.8 Å². The zero-order valence-electron chi connectivity index (χ0n) is 7.20. The smallest absolute Gasteiger partial charge is 0.203 e. The molecule has 0 N–H and O–H groups in total. The normalized spacial score (nSPS) is 9.83. The summed E-state index contributed by atoms with van der Waals surface area (Å²) in [5.74, 6) is 3.01. The van der Waals surface area contributed by atoms with Crippen molar-refractivity contribution < 1.29 is 0 Å². The van der Waals surface area contributed by atoms with Gasteiger partial charge >= 0.3 is 0 Å². The summed E-state index contributed by atoms with van der Waals surface area (Å²) in [5.41, 5.74) is 1.42. The van der Waals surface area contributed by atoms with Crippen molar-refractivity contribution in [1.82, 2.24) is 9.97 Å². The highest BCUT2D eigenvalue weighted by Crippen LogP contribution is 2.08. The monoisotopic (exact) mass is 156 g/mol. The second-order valence-electron chi connectivity index (χ2n) is 2.83. The Labute approximate surface area is 73.8 Å². The van der Waals surface area contributed by atoms with Crippen molar-refractivity contribution in [1.29, 1.82) is 0 Å². The third-order valence-corrected chi connectivity index (χ3v) is 1.60. The van der Waals surface area contributed by atoms with Gasteiger partial charge in [0.15, 0.2) is 0 Å². The first-order chi connectivity index (χ1) is 5.65. The first-order valence-electron chi connectivity index (χ1n) is 3.74. The predicted molar refractivity (Wildman–Crippen MR) is 49.4 cm³/mol. The van der Waals surface area contributed by atoms with E-state index >= 15 is 0 Å². The van der Waals surface area contributed by atoms with Crippen LogP contribution < -0.4 is 5.59 Å². The van der Waals surface area contributed by atoms with E-state index in [1.807, 2.05) is 13.8 Å². The molecular formula is C9H9BN2. The van der Waals surface area contributed by atoms with Gasteiger partial charge in [-0.15, -0.1) is 6.42 Å². The largest absolute Gasteiger partial charge is 0.237 e. The van der Waals surface area contributed by atoms with Gasteiger partial charge in [-0.2, -0.15) is 0 Å². The molecule has 0 aliphatic heterocycles. The highest BCUT2D eigenvalue weighted by Gasteiger charge is 2.04. The van der Waals surface area contributed by atoms with Gasteiger partial charge in [0, 0.05) is 6.20 Å². The van der Waals surface area contributed by atoms with E-state index in [4.69, 9.17) is 14.3 Å². The summed E-state index contributed by atoms with van der Waals surface area (Å²) in [5, 5.41) is 0.